The number of halogens is 1. The molecule has 106 valence electrons. The molecule has 2 aromatic heterocycles. The van der Waals surface area contributed by atoms with Gasteiger partial charge in [0, 0.05) is 40.6 Å². The molecule has 4 nitrogen and oxygen atoms in total. The van der Waals surface area contributed by atoms with E-state index < -0.39 is 0 Å². The van der Waals surface area contributed by atoms with Gasteiger partial charge in [0.25, 0.3) is 0 Å². The molecule has 6 heteroatoms. The molecule has 1 saturated carbocycles. The lowest BCUT2D eigenvalue weighted by Gasteiger charge is -2.17. The Hall–Kier alpha value is -0.980. The molecule has 1 N–H and O–H groups in total. The van der Waals surface area contributed by atoms with Crippen molar-refractivity contribution in [1.29, 1.82) is 0 Å². The number of hydrogen-bond donors (Lipinski definition) is 1. The smallest absolute Gasteiger partial charge is 0.147 e. The first-order chi connectivity index (χ1) is 9.70. The van der Waals surface area contributed by atoms with Crippen molar-refractivity contribution < 1.29 is 0 Å². The summed E-state index contributed by atoms with van der Waals surface area (Å²) in [4.78, 5) is 12.4. The van der Waals surface area contributed by atoms with Crippen molar-refractivity contribution in [3.63, 3.8) is 0 Å². The summed E-state index contributed by atoms with van der Waals surface area (Å²) in [7, 11) is 2.05. The third-order valence-corrected chi connectivity index (χ3v) is 4.91. The third kappa shape index (κ3) is 3.77. The molecule has 2 heterocycles. The molecule has 1 aliphatic rings. The van der Waals surface area contributed by atoms with Crippen LogP contribution in [-0.4, -0.2) is 23.1 Å². The van der Waals surface area contributed by atoms with E-state index in [4.69, 9.17) is 0 Å². The predicted molar refractivity (Wildman–Crippen MR) is 86.0 cm³/mol. The highest BCUT2D eigenvalue weighted by Crippen LogP contribution is 2.22. The van der Waals surface area contributed by atoms with Crippen molar-refractivity contribution >= 4 is 33.1 Å². The highest BCUT2D eigenvalue weighted by Gasteiger charge is 2.20. The van der Waals surface area contributed by atoms with Gasteiger partial charge in [0.1, 0.15) is 5.82 Å². The van der Waals surface area contributed by atoms with Crippen LogP contribution in [0.3, 0.4) is 0 Å². The second kappa shape index (κ2) is 6.20. The van der Waals surface area contributed by atoms with Gasteiger partial charge in [-0.3, -0.25) is 4.98 Å². The van der Waals surface area contributed by atoms with Gasteiger partial charge in [0.15, 0.2) is 0 Å². The lowest BCUT2D eigenvalue weighted by Crippen LogP contribution is -2.20. The Kier molecular flexibility index (Phi) is 4.33. The maximum Gasteiger partial charge on any atom is 0.147 e. The van der Waals surface area contributed by atoms with Crippen molar-refractivity contribution in [3.8, 4) is 0 Å². The summed E-state index contributed by atoms with van der Waals surface area (Å²) in [5.41, 5.74) is 1.01. The summed E-state index contributed by atoms with van der Waals surface area (Å²) < 4.78 is 1.14. The van der Waals surface area contributed by atoms with E-state index in [0.29, 0.717) is 6.04 Å². The van der Waals surface area contributed by atoms with Gasteiger partial charge in [-0.05, 0) is 34.8 Å². The Morgan fingerprint density at radius 3 is 3.00 bits per heavy atom. The van der Waals surface area contributed by atoms with Crippen molar-refractivity contribution in [3.05, 3.63) is 38.9 Å². The van der Waals surface area contributed by atoms with Crippen LogP contribution in [-0.2, 0) is 13.1 Å². The Balaban J connectivity index is 1.63. The summed E-state index contributed by atoms with van der Waals surface area (Å²) >= 11 is 5.24. The Bertz CT molecular complexity index is 582. The molecule has 0 amide bonds. The molecule has 3 rings (SSSR count). The zero-order valence-electron chi connectivity index (χ0n) is 11.3. The molecule has 0 bridgehead atoms. The molecule has 1 fully saturated rings. The summed E-state index contributed by atoms with van der Waals surface area (Å²) in [6.07, 6.45) is 6.25. The molecule has 20 heavy (non-hydrogen) atoms. The van der Waals surface area contributed by atoms with Gasteiger partial charge < -0.3 is 10.2 Å². The number of nitrogens with zero attached hydrogens (tertiary/aromatic N) is 3. The van der Waals surface area contributed by atoms with Crippen LogP contribution in [0.5, 0.6) is 0 Å². The highest BCUT2D eigenvalue weighted by atomic mass is 79.9. The standard InChI is InChI=1S/C14H17BrN4S/c1-19(8-13-4-10(15)9-20-13)14-7-16-5-12(18-14)6-17-11-2-3-11/h4-5,7,9,11,17H,2-3,6,8H2,1H3. The average Bonchev–Trinajstić information content (AvgIpc) is 3.19. The van der Waals surface area contributed by atoms with Crippen LogP contribution >= 0.6 is 27.3 Å². The quantitative estimate of drug-likeness (QED) is 0.866. The SMILES string of the molecule is CN(Cc1cc(Br)cs1)c1cncc(CNC2CC2)n1. The molecular formula is C14H17BrN4S. The number of anilines is 1. The van der Waals surface area contributed by atoms with Gasteiger partial charge >= 0.3 is 0 Å². The number of aromatic nitrogens is 2. The monoisotopic (exact) mass is 352 g/mol. The van der Waals surface area contributed by atoms with Gasteiger partial charge in [0.2, 0.25) is 0 Å². The topological polar surface area (TPSA) is 41.1 Å². The molecule has 0 radical (unpaired) electrons. The van der Waals surface area contributed by atoms with E-state index in [1.165, 1.54) is 17.7 Å². The van der Waals surface area contributed by atoms with E-state index in [9.17, 15) is 0 Å². The van der Waals surface area contributed by atoms with Gasteiger partial charge in [-0.1, -0.05) is 0 Å². The Morgan fingerprint density at radius 1 is 1.45 bits per heavy atom. The van der Waals surface area contributed by atoms with Gasteiger partial charge in [0.05, 0.1) is 18.4 Å². The van der Waals surface area contributed by atoms with Crippen LogP contribution in [0.25, 0.3) is 0 Å². The van der Waals surface area contributed by atoms with Crippen molar-refractivity contribution in [2.24, 2.45) is 0 Å². The normalized spacial score (nSPS) is 14.5. The molecule has 0 unspecified atom stereocenters. The average molecular weight is 353 g/mol. The molecule has 0 aliphatic heterocycles. The second-order valence-electron chi connectivity index (χ2n) is 5.11. The summed E-state index contributed by atoms with van der Waals surface area (Å²) in [6.45, 7) is 1.66. The van der Waals surface area contributed by atoms with Crippen molar-refractivity contribution in [1.82, 2.24) is 15.3 Å². The number of nitrogens with one attached hydrogen (secondary N) is 1. The van der Waals surface area contributed by atoms with E-state index in [2.05, 4.69) is 54.6 Å². The van der Waals surface area contributed by atoms with Crippen LogP contribution < -0.4 is 10.2 Å². The van der Waals surface area contributed by atoms with Gasteiger partial charge in [-0.2, -0.15) is 0 Å². The first kappa shape index (κ1) is 14.0. The van der Waals surface area contributed by atoms with Crippen LogP contribution in [0.2, 0.25) is 0 Å². The predicted octanol–water partition coefficient (Wildman–Crippen LogP) is 3.19. The highest BCUT2D eigenvalue weighted by molar-refractivity contribution is 9.10. The van der Waals surface area contributed by atoms with Crippen LogP contribution in [0.1, 0.15) is 23.4 Å². The maximum atomic E-state index is 4.67. The van der Waals surface area contributed by atoms with E-state index in [0.717, 1.165) is 29.1 Å². The summed E-state index contributed by atoms with van der Waals surface area (Å²) in [6, 6.07) is 2.84. The molecule has 2 aromatic rings. The van der Waals surface area contributed by atoms with Crippen LogP contribution in [0.4, 0.5) is 5.82 Å². The molecule has 0 atom stereocenters. The lowest BCUT2D eigenvalue weighted by atomic mass is 10.4. The van der Waals surface area contributed by atoms with E-state index in [1.807, 2.05) is 12.4 Å². The third-order valence-electron chi connectivity index (χ3n) is 3.23. The van der Waals surface area contributed by atoms with E-state index >= 15 is 0 Å². The minimum atomic E-state index is 0.696. The minimum absolute atomic E-state index is 0.696. The van der Waals surface area contributed by atoms with Crippen LogP contribution in [0.15, 0.2) is 28.3 Å². The summed E-state index contributed by atoms with van der Waals surface area (Å²) in [5, 5.41) is 5.57. The van der Waals surface area contributed by atoms with E-state index in [-0.39, 0.29) is 0 Å². The van der Waals surface area contributed by atoms with Gasteiger partial charge in [-0.25, -0.2) is 4.98 Å². The Labute approximate surface area is 131 Å². The minimum Gasteiger partial charge on any atom is -0.353 e. The van der Waals surface area contributed by atoms with Crippen LogP contribution in [0, 0.1) is 0 Å². The number of hydrogen-bond acceptors (Lipinski definition) is 5. The first-order valence-electron chi connectivity index (χ1n) is 6.69. The summed E-state index contributed by atoms with van der Waals surface area (Å²) in [5.74, 6) is 0.921. The molecule has 0 saturated heterocycles. The number of rotatable bonds is 6. The van der Waals surface area contributed by atoms with E-state index in [1.54, 1.807) is 11.3 Å². The molecular weight excluding hydrogens is 336 g/mol. The molecule has 0 spiro atoms. The second-order valence-corrected chi connectivity index (χ2v) is 7.02. The fourth-order valence-electron chi connectivity index (χ4n) is 1.95. The van der Waals surface area contributed by atoms with Gasteiger partial charge in [-0.15, -0.1) is 11.3 Å². The fraction of sp³-hybridized carbons (Fsp3) is 0.429. The molecule has 0 aromatic carbocycles. The fourth-order valence-corrected chi connectivity index (χ4v) is 3.46. The zero-order chi connectivity index (χ0) is 13.9. The Morgan fingerprint density at radius 2 is 2.30 bits per heavy atom. The lowest BCUT2D eigenvalue weighted by molar-refractivity contribution is 0.670. The maximum absolute atomic E-state index is 4.67. The van der Waals surface area contributed by atoms with Crippen molar-refractivity contribution in [2.75, 3.05) is 11.9 Å². The van der Waals surface area contributed by atoms with Crippen molar-refractivity contribution in [2.45, 2.75) is 32.0 Å². The first-order valence-corrected chi connectivity index (χ1v) is 8.36. The zero-order valence-corrected chi connectivity index (χ0v) is 13.7. The largest absolute Gasteiger partial charge is 0.353 e. The molecule has 1 aliphatic carbocycles. The number of thiophene rings is 1.